The lowest BCUT2D eigenvalue weighted by molar-refractivity contribution is -0.102. The average Bonchev–Trinajstić information content (AvgIpc) is 2.16. The van der Waals surface area contributed by atoms with E-state index in [0.29, 0.717) is 12.0 Å². The van der Waals surface area contributed by atoms with E-state index < -0.39 is 0 Å². The molecule has 13 heavy (non-hydrogen) atoms. The molecule has 0 amide bonds. The third kappa shape index (κ3) is 1.84. The van der Waals surface area contributed by atoms with Crippen LogP contribution in [0.1, 0.15) is 5.56 Å². The molecule has 1 rings (SSSR count). The van der Waals surface area contributed by atoms with Crippen LogP contribution >= 0.6 is 0 Å². The first-order valence-corrected chi connectivity index (χ1v) is 3.60. The fraction of sp³-hybridized carbons (Fsp3) is 0.111. The quantitative estimate of drug-likeness (QED) is 0.536. The van der Waals surface area contributed by atoms with E-state index in [0.717, 1.165) is 0 Å². The number of aldehydes is 1. The molecule has 0 unspecified atom stereocenters. The highest BCUT2D eigenvalue weighted by molar-refractivity contribution is 6.35. The van der Waals surface area contributed by atoms with Gasteiger partial charge in [-0.15, -0.1) is 0 Å². The summed E-state index contributed by atoms with van der Waals surface area (Å²) in [6, 6.07) is 4.39. The van der Waals surface area contributed by atoms with Crippen LogP contribution in [0.25, 0.3) is 0 Å². The first-order chi connectivity index (χ1) is 6.19. The Hall–Kier alpha value is -1.84. The van der Waals surface area contributed by atoms with Gasteiger partial charge in [-0.25, -0.2) is 0 Å². The number of hydrogen-bond acceptors (Lipinski definition) is 4. The summed E-state index contributed by atoms with van der Waals surface area (Å²) in [4.78, 5) is 10.2. The molecule has 0 radical (unpaired) electrons. The van der Waals surface area contributed by atoms with Crippen molar-refractivity contribution in [3.05, 3.63) is 23.8 Å². The molecule has 0 spiro atoms. The van der Waals surface area contributed by atoms with Crippen molar-refractivity contribution in [1.29, 1.82) is 5.41 Å². The lowest BCUT2D eigenvalue weighted by Crippen LogP contribution is -2.00. The van der Waals surface area contributed by atoms with E-state index in [-0.39, 0.29) is 17.0 Å². The lowest BCUT2D eigenvalue weighted by atomic mass is 10.1. The van der Waals surface area contributed by atoms with Crippen LogP contribution in [0.15, 0.2) is 18.2 Å². The van der Waals surface area contributed by atoms with Gasteiger partial charge in [0, 0.05) is 11.6 Å². The van der Waals surface area contributed by atoms with E-state index in [1.165, 1.54) is 19.2 Å². The molecular weight excluding hydrogens is 170 g/mol. The maximum Gasteiger partial charge on any atom is 0.168 e. The van der Waals surface area contributed by atoms with E-state index in [2.05, 4.69) is 0 Å². The Bertz CT molecular complexity index is 347. The van der Waals surface area contributed by atoms with Gasteiger partial charge in [-0.05, 0) is 12.1 Å². The largest absolute Gasteiger partial charge is 0.507 e. The highest BCUT2D eigenvalue weighted by Gasteiger charge is 2.06. The second-order valence-electron chi connectivity index (χ2n) is 2.41. The van der Waals surface area contributed by atoms with Crippen LogP contribution in [0, 0.1) is 5.41 Å². The summed E-state index contributed by atoms with van der Waals surface area (Å²) < 4.78 is 4.84. The standard InChI is InChI=1S/C9H9NO3/c1-13-6-2-3-7(8(10)5-11)9(12)4-6/h2-5,10,12H,1H3. The number of ether oxygens (including phenoxy) is 1. The molecule has 0 atom stereocenters. The molecule has 4 heteroatoms. The molecule has 0 heterocycles. The molecule has 1 aromatic rings. The highest BCUT2D eigenvalue weighted by Crippen LogP contribution is 2.23. The van der Waals surface area contributed by atoms with Gasteiger partial charge in [0.15, 0.2) is 6.29 Å². The first-order valence-electron chi connectivity index (χ1n) is 3.60. The molecule has 0 aliphatic heterocycles. The van der Waals surface area contributed by atoms with Gasteiger partial charge in [0.2, 0.25) is 0 Å². The molecule has 0 fully saturated rings. The molecule has 0 saturated heterocycles. The third-order valence-electron chi connectivity index (χ3n) is 1.61. The summed E-state index contributed by atoms with van der Waals surface area (Å²) in [5.74, 6) is 0.358. The maximum absolute atomic E-state index is 10.2. The van der Waals surface area contributed by atoms with E-state index in [1.807, 2.05) is 0 Å². The van der Waals surface area contributed by atoms with Gasteiger partial charge in [-0.1, -0.05) is 0 Å². The minimum Gasteiger partial charge on any atom is -0.507 e. The minimum absolute atomic E-state index is 0.128. The SMILES string of the molecule is COc1ccc(C(=N)C=O)c(O)c1. The summed E-state index contributed by atoms with van der Waals surface area (Å²) in [6.07, 6.45) is 0.377. The number of benzene rings is 1. The van der Waals surface area contributed by atoms with Gasteiger partial charge < -0.3 is 9.84 Å². The van der Waals surface area contributed by atoms with Crippen molar-refractivity contribution in [2.24, 2.45) is 0 Å². The van der Waals surface area contributed by atoms with E-state index >= 15 is 0 Å². The molecule has 1 aromatic carbocycles. The number of rotatable bonds is 3. The van der Waals surface area contributed by atoms with Crippen molar-refractivity contribution in [1.82, 2.24) is 0 Å². The highest BCUT2D eigenvalue weighted by atomic mass is 16.5. The predicted molar refractivity (Wildman–Crippen MR) is 47.6 cm³/mol. The van der Waals surface area contributed by atoms with Crippen LogP contribution in [0.5, 0.6) is 11.5 Å². The predicted octanol–water partition coefficient (Wildman–Crippen LogP) is 0.968. The van der Waals surface area contributed by atoms with Crippen molar-refractivity contribution < 1.29 is 14.6 Å². The Kier molecular flexibility index (Phi) is 2.64. The monoisotopic (exact) mass is 179 g/mol. The Balaban J connectivity index is 3.12. The lowest BCUT2D eigenvalue weighted by Gasteiger charge is -2.03. The Morgan fingerprint density at radius 1 is 1.62 bits per heavy atom. The second kappa shape index (κ2) is 3.71. The van der Waals surface area contributed by atoms with Crippen LogP contribution in [0.2, 0.25) is 0 Å². The summed E-state index contributed by atoms with van der Waals surface area (Å²) in [5.41, 5.74) is -0.0454. The minimum atomic E-state index is -0.250. The smallest absolute Gasteiger partial charge is 0.168 e. The molecule has 0 bridgehead atoms. The van der Waals surface area contributed by atoms with E-state index in [9.17, 15) is 9.90 Å². The van der Waals surface area contributed by atoms with Crippen LogP contribution in [-0.2, 0) is 4.79 Å². The summed E-state index contributed by atoms with van der Waals surface area (Å²) >= 11 is 0. The number of hydrogen-bond donors (Lipinski definition) is 2. The van der Waals surface area contributed by atoms with Crippen LogP contribution in [0.3, 0.4) is 0 Å². The number of carbonyl (C=O) groups is 1. The number of aromatic hydroxyl groups is 1. The maximum atomic E-state index is 10.2. The summed E-state index contributed by atoms with van der Waals surface area (Å²) in [7, 11) is 1.47. The number of phenols is 1. The Labute approximate surface area is 75.3 Å². The van der Waals surface area contributed by atoms with Crippen LogP contribution < -0.4 is 4.74 Å². The van der Waals surface area contributed by atoms with Crippen molar-refractivity contribution in [3.63, 3.8) is 0 Å². The molecule has 68 valence electrons. The van der Waals surface area contributed by atoms with Crippen molar-refractivity contribution in [2.45, 2.75) is 0 Å². The summed E-state index contributed by atoms with van der Waals surface area (Å²) in [6.45, 7) is 0. The van der Waals surface area contributed by atoms with Gasteiger partial charge >= 0.3 is 0 Å². The van der Waals surface area contributed by atoms with Crippen molar-refractivity contribution in [3.8, 4) is 11.5 Å². The first kappa shape index (κ1) is 9.25. The fourth-order valence-corrected chi connectivity index (χ4v) is 0.930. The number of phenolic OH excluding ortho intramolecular Hbond substituents is 1. The number of methoxy groups -OCH3 is 1. The molecule has 2 N–H and O–H groups in total. The van der Waals surface area contributed by atoms with Crippen molar-refractivity contribution >= 4 is 12.0 Å². The topological polar surface area (TPSA) is 70.4 Å². The zero-order chi connectivity index (χ0) is 9.84. The molecule has 0 saturated carbocycles. The fourth-order valence-electron chi connectivity index (χ4n) is 0.930. The zero-order valence-electron chi connectivity index (χ0n) is 7.07. The molecular formula is C9H9NO3. The van der Waals surface area contributed by atoms with Gasteiger partial charge in [0.1, 0.15) is 17.2 Å². The summed E-state index contributed by atoms with van der Waals surface area (Å²) in [5, 5.41) is 16.5. The van der Waals surface area contributed by atoms with Gasteiger partial charge in [-0.2, -0.15) is 0 Å². The van der Waals surface area contributed by atoms with Crippen LogP contribution in [0.4, 0.5) is 0 Å². The van der Waals surface area contributed by atoms with Gasteiger partial charge in [0.25, 0.3) is 0 Å². The van der Waals surface area contributed by atoms with Crippen molar-refractivity contribution in [2.75, 3.05) is 7.11 Å². The van der Waals surface area contributed by atoms with Gasteiger partial charge in [-0.3, -0.25) is 10.2 Å². The average molecular weight is 179 g/mol. The molecule has 4 nitrogen and oxygen atoms in total. The number of carbonyl (C=O) groups excluding carboxylic acids is 1. The normalized spacial score (nSPS) is 9.31. The second-order valence-corrected chi connectivity index (χ2v) is 2.41. The van der Waals surface area contributed by atoms with Gasteiger partial charge in [0.05, 0.1) is 7.11 Å². The Morgan fingerprint density at radius 2 is 2.31 bits per heavy atom. The van der Waals surface area contributed by atoms with Crippen LogP contribution in [-0.4, -0.2) is 24.2 Å². The van der Waals surface area contributed by atoms with E-state index in [1.54, 1.807) is 6.07 Å². The third-order valence-corrected chi connectivity index (χ3v) is 1.61. The molecule has 0 aliphatic rings. The van der Waals surface area contributed by atoms with E-state index in [4.69, 9.17) is 10.1 Å². The molecule has 0 aliphatic carbocycles. The zero-order valence-corrected chi connectivity index (χ0v) is 7.07. The number of nitrogens with one attached hydrogen (secondary N) is 1. The molecule has 0 aromatic heterocycles. The Morgan fingerprint density at radius 3 is 2.77 bits per heavy atom.